The van der Waals surface area contributed by atoms with Gasteiger partial charge >= 0.3 is 5.97 Å². The zero-order valence-corrected chi connectivity index (χ0v) is 37.4. The second kappa shape index (κ2) is 18.2. The minimum atomic E-state index is -2.08. The number of hydrogen-bond donors (Lipinski definition) is 1. The Labute approximate surface area is 364 Å². The number of carbonyl (C=O) groups is 1. The molecule has 9 nitrogen and oxygen atoms in total. The fourth-order valence-electron chi connectivity index (χ4n) is 9.84. The van der Waals surface area contributed by atoms with Gasteiger partial charge in [-0.15, -0.1) is 0 Å². The van der Waals surface area contributed by atoms with E-state index in [1.807, 2.05) is 48.5 Å². The van der Waals surface area contributed by atoms with Crippen molar-refractivity contribution in [2.24, 2.45) is 35.5 Å². The minimum Gasteiger partial charge on any atom is -0.497 e. The monoisotopic (exact) mass is 844 g/mol. The van der Waals surface area contributed by atoms with Gasteiger partial charge in [0.15, 0.2) is 11.5 Å². The molecule has 10 heteroatoms. The summed E-state index contributed by atoms with van der Waals surface area (Å²) < 4.78 is 41.8. The van der Waals surface area contributed by atoms with Crippen LogP contribution in [0.15, 0.2) is 90.5 Å². The smallest absolute Gasteiger partial charge is 0.342 e. The van der Waals surface area contributed by atoms with Crippen LogP contribution in [0.3, 0.4) is 0 Å². The van der Waals surface area contributed by atoms with Gasteiger partial charge in [0.2, 0.25) is 5.75 Å². The lowest BCUT2D eigenvalue weighted by molar-refractivity contribution is -0.185. The summed E-state index contributed by atoms with van der Waals surface area (Å²) in [5, 5.41) is 12.7. The number of benzene rings is 4. The Hall–Kier alpha value is -4.93. The van der Waals surface area contributed by atoms with Crippen LogP contribution in [0, 0.1) is 35.5 Å². The van der Waals surface area contributed by atoms with Crippen LogP contribution < -0.4 is 18.9 Å². The third-order valence-corrected chi connectivity index (χ3v) is 13.9. The second-order valence-corrected chi connectivity index (χ2v) is 18.9. The molecule has 1 aromatic heterocycles. The predicted molar refractivity (Wildman–Crippen MR) is 240 cm³/mol. The number of carbonyl (C=O) groups excluding carboxylic acids is 1. The Morgan fingerprint density at radius 2 is 1.38 bits per heavy atom. The maximum Gasteiger partial charge on any atom is 0.342 e. The number of esters is 1. The lowest BCUT2D eigenvalue weighted by atomic mass is 9.75. The van der Waals surface area contributed by atoms with E-state index >= 15 is 0 Å². The molecule has 4 aromatic carbocycles. The Bertz CT molecular complexity index is 2280. The van der Waals surface area contributed by atoms with Gasteiger partial charge in [0.1, 0.15) is 35.6 Å². The van der Waals surface area contributed by atoms with Crippen molar-refractivity contribution in [2.75, 3.05) is 7.11 Å². The third kappa shape index (κ3) is 9.17. The summed E-state index contributed by atoms with van der Waals surface area (Å²) in [6.07, 6.45) is 6.45. The zero-order chi connectivity index (χ0) is 42.8. The molecule has 0 amide bonds. The van der Waals surface area contributed by atoms with Crippen LogP contribution in [0.2, 0.25) is 0 Å². The van der Waals surface area contributed by atoms with Gasteiger partial charge in [0.25, 0.3) is 5.79 Å². The van der Waals surface area contributed by atoms with Gasteiger partial charge in [-0.3, -0.25) is 0 Å². The highest BCUT2D eigenvalue weighted by Gasteiger charge is 2.48. The number of rotatable bonds is 14. The predicted octanol–water partition coefficient (Wildman–Crippen LogP) is 11.4. The van der Waals surface area contributed by atoms with Gasteiger partial charge < -0.3 is 28.8 Å². The lowest BCUT2D eigenvalue weighted by Gasteiger charge is -2.39. The van der Waals surface area contributed by atoms with E-state index < -0.39 is 11.8 Å². The molecule has 7 atom stereocenters. The molecule has 0 spiro atoms. The minimum absolute atomic E-state index is 0.0371. The molecule has 5 aromatic rings. The molecule has 0 bridgehead atoms. The maximum absolute atomic E-state index is 14.2. The van der Waals surface area contributed by atoms with Gasteiger partial charge in [-0.25, -0.2) is 4.79 Å². The number of cyclic esters (lactones) is 1. The van der Waals surface area contributed by atoms with Crippen molar-refractivity contribution in [1.29, 1.82) is 0 Å². The average Bonchev–Trinajstić information content (AvgIpc) is 3.81. The van der Waals surface area contributed by atoms with Crippen LogP contribution in [0.25, 0.3) is 16.6 Å². The van der Waals surface area contributed by atoms with E-state index in [0.717, 1.165) is 54.1 Å². The van der Waals surface area contributed by atoms with E-state index in [0.29, 0.717) is 87.3 Å². The van der Waals surface area contributed by atoms with E-state index in [9.17, 15) is 9.90 Å². The number of fused-ring (bicyclic) bond motifs is 1. The molecule has 3 aliphatic rings. The van der Waals surface area contributed by atoms with E-state index in [-0.39, 0.29) is 24.2 Å². The molecule has 1 N–H and O–H groups in total. The summed E-state index contributed by atoms with van der Waals surface area (Å²) >= 11 is 1.11. The topological polar surface area (TPSA) is 109 Å². The van der Waals surface area contributed by atoms with Crippen LogP contribution in [-0.4, -0.2) is 39.1 Å². The Kier molecular flexibility index (Phi) is 12.8. The molecule has 1 aliphatic heterocycles. The van der Waals surface area contributed by atoms with Crippen molar-refractivity contribution in [3.05, 3.63) is 113 Å². The van der Waals surface area contributed by atoms with Crippen molar-refractivity contribution < 1.29 is 33.6 Å². The van der Waals surface area contributed by atoms with Crippen LogP contribution in [0.4, 0.5) is 0 Å². The molecule has 7 unspecified atom stereocenters. The molecule has 8 rings (SSSR count). The van der Waals surface area contributed by atoms with Gasteiger partial charge in [-0.1, -0.05) is 90.8 Å². The number of aliphatic hydroxyl groups is 1. The Morgan fingerprint density at radius 1 is 0.770 bits per heavy atom. The maximum atomic E-state index is 14.2. The summed E-state index contributed by atoms with van der Waals surface area (Å²) in [7, 11) is 1.59. The van der Waals surface area contributed by atoms with Crippen LogP contribution in [0.5, 0.6) is 23.0 Å². The van der Waals surface area contributed by atoms with E-state index in [1.165, 1.54) is 12.8 Å². The van der Waals surface area contributed by atoms with Gasteiger partial charge in [0, 0.05) is 17.6 Å². The van der Waals surface area contributed by atoms with Crippen molar-refractivity contribution in [3.63, 3.8) is 0 Å². The first-order valence-corrected chi connectivity index (χ1v) is 22.9. The highest BCUT2D eigenvalue weighted by atomic mass is 32.1. The fraction of sp³-hybridized carbons (Fsp3) is 0.471. The van der Waals surface area contributed by atoms with Crippen molar-refractivity contribution in [3.8, 4) is 23.0 Å². The lowest BCUT2D eigenvalue weighted by Crippen LogP contribution is -2.37. The quantitative estimate of drug-likeness (QED) is 0.109. The summed E-state index contributed by atoms with van der Waals surface area (Å²) in [4.78, 5) is 14.2. The van der Waals surface area contributed by atoms with Gasteiger partial charge in [-0.05, 0) is 126 Å². The van der Waals surface area contributed by atoms with E-state index in [2.05, 4.69) is 62.4 Å². The highest BCUT2D eigenvalue weighted by molar-refractivity contribution is 7.00. The van der Waals surface area contributed by atoms with Gasteiger partial charge in [-0.2, -0.15) is 8.75 Å². The zero-order valence-electron chi connectivity index (χ0n) is 36.6. The number of hydrogen-bond acceptors (Lipinski definition) is 10. The summed E-state index contributed by atoms with van der Waals surface area (Å²) in [5.74, 6) is 2.31. The molecule has 61 heavy (non-hydrogen) atoms. The average molecular weight is 845 g/mol. The summed E-state index contributed by atoms with van der Waals surface area (Å²) in [6.45, 7) is 14.1. The Morgan fingerprint density at radius 3 is 1.97 bits per heavy atom. The fourth-order valence-corrected chi connectivity index (χ4v) is 10.4. The first-order chi connectivity index (χ1) is 29.4. The molecular formula is C51H60N2O7S. The number of methoxy groups -OCH3 is 1. The number of nitrogens with zero attached hydrogens (tertiary/aromatic N) is 2. The first kappa shape index (κ1) is 42.7. The second-order valence-electron chi connectivity index (χ2n) is 18.4. The molecule has 2 saturated carbocycles. The molecule has 2 heterocycles. The highest BCUT2D eigenvalue weighted by Crippen LogP contribution is 2.49. The van der Waals surface area contributed by atoms with Crippen LogP contribution >= 0.6 is 11.7 Å². The van der Waals surface area contributed by atoms with E-state index in [4.69, 9.17) is 23.7 Å². The normalized spacial score (nSPS) is 25.6. The Balaban J connectivity index is 1.30. The first-order valence-electron chi connectivity index (χ1n) is 22.1. The van der Waals surface area contributed by atoms with Crippen molar-refractivity contribution >= 4 is 34.3 Å². The standard InChI is InChI=1S/C51H60N2O7S/c1-30(2)39-20-13-32(5)23-44(39)58-46-26-35(27-47(49(46)57-29-34-11-9-8-10-12-34)59-45-24-33(6)14-21-40(45)31(3)4)25-41-48(36-15-22-42-43(28-36)53-61-52-42)50(54)60-51(41,55)37-16-18-38(56-7)19-17-37/h8-12,15-19,22,26-28,30-33,39-40,44-45,55H,13-14,20-21,23-25,29H2,1-7H3. The third-order valence-electron chi connectivity index (χ3n) is 13.3. The van der Waals surface area contributed by atoms with Crippen LogP contribution in [0.1, 0.15) is 102 Å². The van der Waals surface area contributed by atoms with Crippen molar-refractivity contribution in [2.45, 2.75) is 111 Å². The van der Waals surface area contributed by atoms with Crippen molar-refractivity contribution in [1.82, 2.24) is 8.75 Å². The molecule has 322 valence electrons. The van der Waals surface area contributed by atoms with Crippen LogP contribution in [-0.2, 0) is 28.3 Å². The number of ether oxygens (including phenoxy) is 5. The van der Waals surface area contributed by atoms with E-state index in [1.54, 1.807) is 31.4 Å². The molecule has 2 fully saturated rings. The molecular weight excluding hydrogens is 785 g/mol. The molecule has 0 radical (unpaired) electrons. The van der Waals surface area contributed by atoms with Gasteiger partial charge in [0.05, 0.1) is 24.4 Å². The summed E-state index contributed by atoms with van der Waals surface area (Å²) in [5.41, 5.74) is 4.91. The largest absolute Gasteiger partial charge is 0.497 e. The summed E-state index contributed by atoms with van der Waals surface area (Å²) in [6, 6.07) is 26.8. The molecule has 2 aliphatic carbocycles. The SMILES string of the molecule is COc1ccc(C2(O)OC(=O)C(c3ccc4nsnc4c3)=C2Cc2cc(OC3CC(C)CCC3C(C)C)c(OCc3ccccc3)c(OC3CC(C)CCC3C(C)C)c2)cc1. The molecule has 0 saturated heterocycles. The number of aromatic nitrogens is 2.